The third-order valence-electron chi connectivity index (χ3n) is 3.97. The summed E-state index contributed by atoms with van der Waals surface area (Å²) in [4.78, 5) is 16.4. The Morgan fingerprint density at radius 3 is 2.70 bits per heavy atom. The minimum Gasteiger partial charge on any atom is -0.441 e. The normalized spacial score (nSPS) is 11.6. The molecule has 0 aliphatic heterocycles. The summed E-state index contributed by atoms with van der Waals surface area (Å²) in [5.41, 5.74) is 1.60. The average molecular weight is 407 g/mol. The van der Waals surface area contributed by atoms with Gasteiger partial charge in [-0.05, 0) is 18.2 Å². The first-order valence-electron chi connectivity index (χ1n) is 8.48. The van der Waals surface area contributed by atoms with E-state index in [1.54, 1.807) is 24.4 Å². The van der Waals surface area contributed by atoms with E-state index in [0.29, 0.717) is 39.5 Å². The quantitative estimate of drug-likeness (QED) is 0.606. The van der Waals surface area contributed by atoms with E-state index in [1.807, 2.05) is 6.07 Å². The SMILES string of the molecule is CC(C)(C)c1cc(NC(=O)CCc2ncc(-c3ccc(Cl)cc3Cl)o2)n[nH]1. The summed E-state index contributed by atoms with van der Waals surface area (Å²) in [6.45, 7) is 6.21. The van der Waals surface area contributed by atoms with Crippen molar-refractivity contribution < 1.29 is 9.21 Å². The first-order chi connectivity index (χ1) is 12.7. The fourth-order valence-electron chi connectivity index (χ4n) is 2.44. The first-order valence-corrected chi connectivity index (χ1v) is 9.24. The Morgan fingerprint density at radius 2 is 2.04 bits per heavy atom. The monoisotopic (exact) mass is 406 g/mol. The van der Waals surface area contributed by atoms with E-state index in [-0.39, 0.29) is 17.7 Å². The number of rotatable bonds is 5. The lowest BCUT2D eigenvalue weighted by atomic mass is 9.92. The highest BCUT2D eigenvalue weighted by molar-refractivity contribution is 6.36. The number of halogens is 2. The lowest BCUT2D eigenvalue weighted by Gasteiger charge is -2.14. The zero-order chi connectivity index (χ0) is 19.6. The molecular formula is C19H20Cl2N4O2. The van der Waals surface area contributed by atoms with Crippen molar-refractivity contribution in [2.24, 2.45) is 0 Å². The van der Waals surface area contributed by atoms with Crippen molar-refractivity contribution in [3.05, 3.63) is 52.1 Å². The van der Waals surface area contributed by atoms with E-state index in [1.165, 1.54) is 0 Å². The van der Waals surface area contributed by atoms with Crippen LogP contribution in [0.15, 0.2) is 34.9 Å². The molecule has 0 radical (unpaired) electrons. The van der Waals surface area contributed by atoms with Gasteiger partial charge in [0, 0.05) is 40.6 Å². The maximum absolute atomic E-state index is 12.1. The topological polar surface area (TPSA) is 83.8 Å². The molecule has 8 heteroatoms. The summed E-state index contributed by atoms with van der Waals surface area (Å²) in [6, 6.07) is 6.98. The van der Waals surface area contributed by atoms with Gasteiger partial charge in [0.05, 0.1) is 11.2 Å². The number of hydrogen-bond donors (Lipinski definition) is 2. The molecule has 1 aromatic carbocycles. The second-order valence-electron chi connectivity index (χ2n) is 7.21. The van der Waals surface area contributed by atoms with Crippen molar-refractivity contribution in [2.75, 3.05) is 5.32 Å². The zero-order valence-corrected chi connectivity index (χ0v) is 16.8. The summed E-state index contributed by atoms with van der Waals surface area (Å²) >= 11 is 12.1. The van der Waals surface area contributed by atoms with Crippen LogP contribution in [0.5, 0.6) is 0 Å². The van der Waals surface area contributed by atoms with Crippen molar-refractivity contribution in [1.82, 2.24) is 15.2 Å². The van der Waals surface area contributed by atoms with E-state index < -0.39 is 0 Å². The summed E-state index contributed by atoms with van der Waals surface area (Å²) in [5.74, 6) is 1.34. The van der Waals surface area contributed by atoms with Gasteiger partial charge in [-0.3, -0.25) is 9.89 Å². The van der Waals surface area contributed by atoms with E-state index in [0.717, 1.165) is 5.69 Å². The van der Waals surface area contributed by atoms with Crippen LogP contribution in [0, 0.1) is 0 Å². The average Bonchev–Trinajstić information content (AvgIpc) is 3.22. The molecule has 0 unspecified atom stereocenters. The van der Waals surface area contributed by atoms with Crippen LogP contribution in [0.2, 0.25) is 10.0 Å². The maximum Gasteiger partial charge on any atom is 0.226 e. The first kappa shape index (κ1) is 19.5. The van der Waals surface area contributed by atoms with Gasteiger partial charge < -0.3 is 9.73 Å². The molecule has 0 fully saturated rings. The number of nitrogens with zero attached hydrogens (tertiary/aromatic N) is 2. The van der Waals surface area contributed by atoms with Gasteiger partial charge in [0.25, 0.3) is 0 Å². The molecule has 6 nitrogen and oxygen atoms in total. The predicted octanol–water partition coefficient (Wildman–Crippen LogP) is 5.24. The van der Waals surface area contributed by atoms with Gasteiger partial charge in [-0.25, -0.2) is 4.98 Å². The largest absolute Gasteiger partial charge is 0.441 e. The lowest BCUT2D eigenvalue weighted by molar-refractivity contribution is -0.116. The van der Waals surface area contributed by atoms with Gasteiger partial charge in [-0.15, -0.1) is 0 Å². The van der Waals surface area contributed by atoms with Crippen molar-refractivity contribution in [2.45, 2.75) is 39.0 Å². The van der Waals surface area contributed by atoms with E-state index >= 15 is 0 Å². The Hall–Kier alpha value is -2.31. The fourth-order valence-corrected chi connectivity index (χ4v) is 2.94. The number of aromatic nitrogens is 3. The second kappa shape index (κ2) is 7.74. The number of oxazole rings is 1. The minimum absolute atomic E-state index is 0.0621. The van der Waals surface area contributed by atoms with Gasteiger partial charge in [0.2, 0.25) is 5.91 Å². The van der Waals surface area contributed by atoms with Gasteiger partial charge >= 0.3 is 0 Å². The van der Waals surface area contributed by atoms with Crippen molar-refractivity contribution >= 4 is 34.9 Å². The Morgan fingerprint density at radius 1 is 1.26 bits per heavy atom. The molecule has 3 aromatic rings. The number of aromatic amines is 1. The van der Waals surface area contributed by atoms with Crippen LogP contribution >= 0.6 is 23.2 Å². The van der Waals surface area contributed by atoms with Crippen LogP contribution in [0.1, 0.15) is 38.8 Å². The molecular weight excluding hydrogens is 387 g/mol. The Labute approximate surface area is 167 Å². The van der Waals surface area contributed by atoms with E-state index in [4.69, 9.17) is 27.6 Å². The highest BCUT2D eigenvalue weighted by Gasteiger charge is 2.18. The Bertz CT molecular complexity index is 957. The third kappa shape index (κ3) is 4.90. The van der Waals surface area contributed by atoms with Crippen LogP contribution < -0.4 is 5.32 Å². The smallest absolute Gasteiger partial charge is 0.226 e. The number of nitrogens with one attached hydrogen (secondary N) is 2. The Balaban J connectivity index is 1.58. The number of aryl methyl sites for hydroxylation is 1. The summed E-state index contributed by atoms with van der Waals surface area (Å²) in [7, 11) is 0. The van der Waals surface area contributed by atoms with Crippen LogP contribution in [-0.4, -0.2) is 21.1 Å². The molecule has 27 heavy (non-hydrogen) atoms. The molecule has 2 N–H and O–H groups in total. The molecule has 0 spiro atoms. The molecule has 0 saturated carbocycles. The molecule has 3 rings (SSSR count). The minimum atomic E-state index is -0.161. The molecule has 0 saturated heterocycles. The number of hydrogen-bond acceptors (Lipinski definition) is 4. The van der Waals surface area contributed by atoms with Crippen LogP contribution in [0.3, 0.4) is 0 Å². The molecule has 2 heterocycles. The predicted molar refractivity (Wildman–Crippen MR) is 106 cm³/mol. The number of carbonyl (C=O) groups is 1. The van der Waals surface area contributed by atoms with Gasteiger partial charge in [0.1, 0.15) is 0 Å². The zero-order valence-electron chi connectivity index (χ0n) is 15.3. The van der Waals surface area contributed by atoms with Crippen molar-refractivity contribution in [1.29, 1.82) is 0 Å². The second-order valence-corrected chi connectivity index (χ2v) is 8.05. The highest BCUT2D eigenvalue weighted by atomic mass is 35.5. The number of carbonyl (C=O) groups excluding carboxylic acids is 1. The fraction of sp³-hybridized carbons (Fsp3) is 0.316. The molecule has 0 bridgehead atoms. The lowest BCUT2D eigenvalue weighted by Crippen LogP contribution is -2.13. The maximum atomic E-state index is 12.1. The van der Waals surface area contributed by atoms with Gasteiger partial charge in [-0.2, -0.15) is 5.10 Å². The molecule has 0 atom stereocenters. The molecule has 0 aliphatic rings. The number of H-pyrrole nitrogens is 1. The van der Waals surface area contributed by atoms with Crippen LogP contribution in [-0.2, 0) is 16.6 Å². The summed E-state index contributed by atoms with van der Waals surface area (Å²) < 4.78 is 5.70. The molecule has 1 amide bonds. The molecule has 2 aromatic heterocycles. The summed E-state index contributed by atoms with van der Waals surface area (Å²) in [5, 5.41) is 10.9. The number of anilines is 1. The van der Waals surface area contributed by atoms with Crippen LogP contribution in [0.25, 0.3) is 11.3 Å². The van der Waals surface area contributed by atoms with Crippen LogP contribution in [0.4, 0.5) is 5.82 Å². The number of benzene rings is 1. The van der Waals surface area contributed by atoms with Crippen molar-refractivity contribution in [3.63, 3.8) is 0 Å². The standard InChI is InChI=1S/C19H20Cl2N4O2/c1-19(2,3)15-9-16(25-24-15)23-17(26)6-7-18-22-10-14(27-18)12-5-4-11(20)8-13(12)21/h4-5,8-10H,6-7H2,1-3H3,(H2,23,24,25,26). The summed E-state index contributed by atoms with van der Waals surface area (Å²) in [6.07, 6.45) is 2.19. The highest BCUT2D eigenvalue weighted by Crippen LogP contribution is 2.31. The Kier molecular flexibility index (Phi) is 5.58. The van der Waals surface area contributed by atoms with Gasteiger partial charge in [0.15, 0.2) is 17.5 Å². The van der Waals surface area contributed by atoms with Crippen molar-refractivity contribution in [3.8, 4) is 11.3 Å². The van der Waals surface area contributed by atoms with E-state index in [9.17, 15) is 4.79 Å². The van der Waals surface area contributed by atoms with E-state index in [2.05, 4.69) is 41.3 Å². The number of amides is 1. The van der Waals surface area contributed by atoms with Gasteiger partial charge in [-0.1, -0.05) is 44.0 Å². The molecule has 0 aliphatic carbocycles. The molecule has 142 valence electrons. The third-order valence-corrected chi connectivity index (χ3v) is 4.52.